The van der Waals surface area contributed by atoms with E-state index in [0.717, 1.165) is 30.2 Å². The van der Waals surface area contributed by atoms with E-state index in [4.69, 9.17) is 10.5 Å². The topological polar surface area (TPSA) is 48.1 Å². The van der Waals surface area contributed by atoms with Crippen LogP contribution in [-0.4, -0.2) is 29.6 Å². The molecule has 2 N–H and O–H groups in total. The summed E-state index contributed by atoms with van der Waals surface area (Å²) in [5, 5.41) is 0. The highest BCUT2D eigenvalue weighted by Gasteiger charge is 2.00. The van der Waals surface area contributed by atoms with E-state index < -0.39 is 0 Å². The van der Waals surface area contributed by atoms with Crippen molar-refractivity contribution in [2.45, 2.75) is 19.4 Å². The molecule has 0 bridgehead atoms. The third-order valence-corrected chi connectivity index (χ3v) is 2.46. The third-order valence-electron chi connectivity index (χ3n) is 1.88. The maximum atomic E-state index is 5.69. The second-order valence-electron chi connectivity index (χ2n) is 3.51. The quantitative estimate of drug-likeness (QED) is 0.750. The standard InChI is InChI=1S/C11H18N2OS/c1-9(12)7-10-3-4-11(8-13-10)14-5-6-15-2/h3-4,8-9H,5-7,12H2,1-2H3. The molecule has 1 atom stereocenters. The van der Waals surface area contributed by atoms with Gasteiger partial charge in [-0.25, -0.2) is 0 Å². The van der Waals surface area contributed by atoms with Gasteiger partial charge in [0.15, 0.2) is 0 Å². The predicted molar refractivity (Wildman–Crippen MR) is 65.5 cm³/mol. The second kappa shape index (κ2) is 6.69. The number of nitrogens with zero attached hydrogens (tertiary/aromatic N) is 1. The number of hydrogen-bond donors (Lipinski definition) is 1. The zero-order chi connectivity index (χ0) is 11.1. The van der Waals surface area contributed by atoms with Gasteiger partial charge in [0.2, 0.25) is 0 Å². The SMILES string of the molecule is CSCCOc1ccc(CC(C)N)nc1. The minimum atomic E-state index is 0.153. The molecule has 4 heteroatoms. The van der Waals surface area contributed by atoms with Gasteiger partial charge in [-0.3, -0.25) is 4.98 Å². The molecule has 0 fully saturated rings. The van der Waals surface area contributed by atoms with Crippen molar-refractivity contribution in [3.05, 3.63) is 24.0 Å². The Balaban J connectivity index is 2.42. The lowest BCUT2D eigenvalue weighted by molar-refractivity contribution is 0.342. The van der Waals surface area contributed by atoms with Crippen LogP contribution >= 0.6 is 11.8 Å². The van der Waals surface area contributed by atoms with Crippen LogP contribution in [0.3, 0.4) is 0 Å². The minimum Gasteiger partial charge on any atom is -0.491 e. The lowest BCUT2D eigenvalue weighted by atomic mass is 10.2. The van der Waals surface area contributed by atoms with Crippen LogP contribution < -0.4 is 10.5 Å². The van der Waals surface area contributed by atoms with Crippen LogP contribution in [0.15, 0.2) is 18.3 Å². The molecule has 0 saturated heterocycles. The highest BCUT2D eigenvalue weighted by atomic mass is 32.2. The lowest BCUT2D eigenvalue weighted by Crippen LogP contribution is -2.18. The van der Waals surface area contributed by atoms with Crippen LogP contribution in [0.4, 0.5) is 0 Å². The number of hydrogen-bond acceptors (Lipinski definition) is 4. The highest BCUT2D eigenvalue weighted by Crippen LogP contribution is 2.10. The monoisotopic (exact) mass is 226 g/mol. The Labute approximate surface area is 95.4 Å². The summed E-state index contributed by atoms with van der Waals surface area (Å²) >= 11 is 1.77. The van der Waals surface area contributed by atoms with Gasteiger partial charge in [0, 0.05) is 23.9 Å². The fraction of sp³-hybridized carbons (Fsp3) is 0.545. The van der Waals surface area contributed by atoms with Crippen molar-refractivity contribution in [3.8, 4) is 5.75 Å². The summed E-state index contributed by atoms with van der Waals surface area (Å²) in [6.45, 7) is 2.71. The molecular formula is C11H18N2OS. The summed E-state index contributed by atoms with van der Waals surface area (Å²) in [7, 11) is 0. The van der Waals surface area contributed by atoms with Gasteiger partial charge in [-0.2, -0.15) is 11.8 Å². The van der Waals surface area contributed by atoms with E-state index in [0.29, 0.717) is 0 Å². The van der Waals surface area contributed by atoms with Crippen molar-refractivity contribution in [2.75, 3.05) is 18.6 Å². The molecule has 84 valence electrons. The van der Waals surface area contributed by atoms with Gasteiger partial charge in [0.1, 0.15) is 5.75 Å². The Morgan fingerprint density at radius 2 is 2.33 bits per heavy atom. The molecular weight excluding hydrogens is 208 g/mol. The van der Waals surface area contributed by atoms with E-state index in [1.165, 1.54) is 0 Å². The van der Waals surface area contributed by atoms with Crippen LogP contribution in [0.25, 0.3) is 0 Å². The molecule has 0 aliphatic heterocycles. The lowest BCUT2D eigenvalue weighted by Gasteiger charge is -2.07. The number of thioether (sulfide) groups is 1. The van der Waals surface area contributed by atoms with Crippen LogP contribution in [0.5, 0.6) is 5.75 Å². The molecule has 0 saturated carbocycles. The first-order valence-corrected chi connectivity index (χ1v) is 6.44. The molecule has 1 unspecified atom stereocenters. The Morgan fingerprint density at radius 1 is 1.53 bits per heavy atom. The molecule has 0 radical (unpaired) electrons. The van der Waals surface area contributed by atoms with Crippen LogP contribution in [0.2, 0.25) is 0 Å². The van der Waals surface area contributed by atoms with Crippen molar-refractivity contribution in [2.24, 2.45) is 5.73 Å². The molecule has 15 heavy (non-hydrogen) atoms. The number of nitrogens with two attached hydrogens (primary N) is 1. The number of pyridine rings is 1. The molecule has 0 spiro atoms. The Bertz CT molecular complexity index is 274. The maximum Gasteiger partial charge on any atom is 0.137 e. The average molecular weight is 226 g/mol. The van der Waals surface area contributed by atoms with Crippen LogP contribution in [-0.2, 0) is 6.42 Å². The molecule has 0 aliphatic rings. The number of aromatic nitrogens is 1. The minimum absolute atomic E-state index is 0.153. The van der Waals surface area contributed by atoms with Crippen molar-refractivity contribution >= 4 is 11.8 Å². The second-order valence-corrected chi connectivity index (χ2v) is 4.49. The molecule has 0 amide bonds. The Hall–Kier alpha value is -0.740. The molecule has 1 rings (SSSR count). The normalized spacial score (nSPS) is 12.5. The van der Waals surface area contributed by atoms with Gasteiger partial charge >= 0.3 is 0 Å². The van der Waals surface area contributed by atoms with Crippen molar-refractivity contribution in [3.63, 3.8) is 0 Å². The zero-order valence-corrected chi connectivity index (χ0v) is 10.1. The molecule has 1 aromatic rings. The van der Waals surface area contributed by atoms with Gasteiger partial charge in [-0.1, -0.05) is 0 Å². The van der Waals surface area contributed by atoms with Gasteiger partial charge in [0.25, 0.3) is 0 Å². The van der Waals surface area contributed by atoms with Gasteiger partial charge in [0.05, 0.1) is 12.8 Å². The van der Waals surface area contributed by atoms with Crippen molar-refractivity contribution < 1.29 is 4.74 Å². The van der Waals surface area contributed by atoms with E-state index in [1.807, 2.05) is 19.1 Å². The van der Waals surface area contributed by atoms with Crippen molar-refractivity contribution in [1.82, 2.24) is 4.98 Å². The first kappa shape index (κ1) is 12.3. The predicted octanol–water partition coefficient (Wildman–Crippen LogP) is 1.71. The van der Waals surface area contributed by atoms with Gasteiger partial charge in [-0.05, 0) is 25.3 Å². The fourth-order valence-corrected chi connectivity index (χ4v) is 1.44. The first-order valence-electron chi connectivity index (χ1n) is 5.04. The van der Waals surface area contributed by atoms with E-state index in [2.05, 4.69) is 11.2 Å². The van der Waals surface area contributed by atoms with E-state index in [-0.39, 0.29) is 6.04 Å². The summed E-state index contributed by atoms with van der Waals surface area (Å²) in [5.41, 5.74) is 6.70. The summed E-state index contributed by atoms with van der Waals surface area (Å²) < 4.78 is 5.49. The Morgan fingerprint density at radius 3 is 2.87 bits per heavy atom. The van der Waals surface area contributed by atoms with Crippen LogP contribution in [0.1, 0.15) is 12.6 Å². The summed E-state index contributed by atoms with van der Waals surface area (Å²) in [6.07, 6.45) is 4.64. The smallest absolute Gasteiger partial charge is 0.137 e. The third kappa shape index (κ3) is 5.04. The number of ether oxygens (including phenoxy) is 1. The molecule has 0 aliphatic carbocycles. The zero-order valence-electron chi connectivity index (χ0n) is 9.27. The van der Waals surface area contributed by atoms with Crippen LogP contribution in [0, 0.1) is 0 Å². The largest absolute Gasteiger partial charge is 0.491 e. The van der Waals surface area contributed by atoms with E-state index >= 15 is 0 Å². The molecule has 3 nitrogen and oxygen atoms in total. The summed E-state index contributed by atoms with van der Waals surface area (Å²) in [5.74, 6) is 1.83. The first-order chi connectivity index (χ1) is 7.22. The van der Waals surface area contributed by atoms with Gasteiger partial charge in [-0.15, -0.1) is 0 Å². The Kier molecular flexibility index (Phi) is 5.50. The fourth-order valence-electron chi connectivity index (χ4n) is 1.19. The molecule has 1 aromatic heterocycles. The highest BCUT2D eigenvalue weighted by molar-refractivity contribution is 7.98. The van der Waals surface area contributed by atoms with Gasteiger partial charge < -0.3 is 10.5 Å². The maximum absolute atomic E-state index is 5.69. The number of rotatable bonds is 6. The molecule has 1 heterocycles. The van der Waals surface area contributed by atoms with E-state index in [9.17, 15) is 0 Å². The average Bonchev–Trinajstić information content (AvgIpc) is 2.20. The molecule has 0 aromatic carbocycles. The summed E-state index contributed by atoms with van der Waals surface area (Å²) in [6, 6.07) is 4.07. The van der Waals surface area contributed by atoms with Crippen molar-refractivity contribution in [1.29, 1.82) is 0 Å². The van der Waals surface area contributed by atoms with E-state index in [1.54, 1.807) is 18.0 Å². The summed E-state index contributed by atoms with van der Waals surface area (Å²) in [4.78, 5) is 4.29.